The summed E-state index contributed by atoms with van der Waals surface area (Å²) in [5.74, 6) is -0.196. The van der Waals surface area contributed by atoms with Gasteiger partial charge in [-0.15, -0.1) is 0 Å². The monoisotopic (exact) mass is 374 g/mol. The van der Waals surface area contributed by atoms with Gasteiger partial charge in [0.1, 0.15) is 0 Å². The lowest BCUT2D eigenvalue weighted by molar-refractivity contribution is -0.115. The summed E-state index contributed by atoms with van der Waals surface area (Å²) in [6.07, 6.45) is 10.9. The first-order chi connectivity index (χ1) is 12.6. The zero-order chi connectivity index (χ0) is 18.8. The largest absolute Gasteiger partial charge is 0.396 e. The number of hydrogen-bond donors (Lipinski definition) is 2. The second-order valence-electron chi connectivity index (χ2n) is 6.95. The summed E-state index contributed by atoms with van der Waals surface area (Å²) in [5.41, 5.74) is 2.18. The standard InChI is InChI=1S/C21H30N2O2S/c1-17-9-11-18(12-10-17)13-14-20(25)22-21(26)23(15-5-6-16-24)19-7-3-2-4-8-19/h9-14,19,24H,2-8,15-16H2,1H3,(H,22,25,26). The highest BCUT2D eigenvalue weighted by molar-refractivity contribution is 7.80. The van der Waals surface area contributed by atoms with E-state index < -0.39 is 0 Å². The number of aryl methyl sites for hydroxylation is 1. The molecule has 0 heterocycles. The summed E-state index contributed by atoms with van der Waals surface area (Å²) in [4.78, 5) is 14.4. The van der Waals surface area contributed by atoms with E-state index in [-0.39, 0.29) is 12.5 Å². The zero-order valence-corrected chi connectivity index (χ0v) is 16.4. The summed E-state index contributed by atoms with van der Waals surface area (Å²) < 4.78 is 0. The Morgan fingerprint density at radius 2 is 1.92 bits per heavy atom. The number of aliphatic hydroxyl groups is 1. The maximum absolute atomic E-state index is 12.3. The molecule has 4 nitrogen and oxygen atoms in total. The Hall–Kier alpha value is -1.72. The average Bonchev–Trinajstić information content (AvgIpc) is 2.65. The predicted octanol–water partition coefficient (Wildman–Crippen LogP) is 3.82. The molecule has 1 aliphatic rings. The fourth-order valence-electron chi connectivity index (χ4n) is 3.30. The number of nitrogens with one attached hydrogen (secondary N) is 1. The maximum Gasteiger partial charge on any atom is 0.250 e. The van der Waals surface area contributed by atoms with Gasteiger partial charge in [-0.3, -0.25) is 10.1 Å². The first kappa shape index (κ1) is 20.6. The minimum absolute atomic E-state index is 0.191. The van der Waals surface area contributed by atoms with Gasteiger partial charge in [0.05, 0.1) is 0 Å². The molecule has 0 aromatic heterocycles. The Balaban J connectivity index is 1.93. The van der Waals surface area contributed by atoms with Crippen molar-refractivity contribution in [3.8, 4) is 0 Å². The molecule has 5 heteroatoms. The molecular weight excluding hydrogens is 344 g/mol. The second-order valence-corrected chi connectivity index (χ2v) is 7.34. The van der Waals surface area contributed by atoms with Crippen molar-refractivity contribution in [3.63, 3.8) is 0 Å². The summed E-state index contributed by atoms with van der Waals surface area (Å²) in [6, 6.07) is 8.42. The molecule has 1 aromatic carbocycles. The molecule has 0 bridgehead atoms. The van der Waals surface area contributed by atoms with Crippen LogP contribution in [0.4, 0.5) is 0 Å². The van der Waals surface area contributed by atoms with Gasteiger partial charge in [-0.1, -0.05) is 49.1 Å². The first-order valence-corrected chi connectivity index (χ1v) is 9.98. The molecule has 0 atom stereocenters. The van der Waals surface area contributed by atoms with E-state index in [9.17, 15) is 4.79 Å². The number of thiocarbonyl (C=S) groups is 1. The molecule has 0 spiro atoms. The summed E-state index contributed by atoms with van der Waals surface area (Å²) in [6.45, 7) is 3.01. The molecule has 1 saturated carbocycles. The van der Waals surface area contributed by atoms with Gasteiger partial charge < -0.3 is 10.0 Å². The van der Waals surface area contributed by atoms with Gasteiger partial charge >= 0.3 is 0 Å². The van der Waals surface area contributed by atoms with E-state index in [0.717, 1.165) is 37.8 Å². The van der Waals surface area contributed by atoms with E-state index in [1.54, 1.807) is 6.08 Å². The van der Waals surface area contributed by atoms with E-state index in [1.165, 1.54) is 30.9 Å². The smallest absolute Gasteiger partial charge is 0.250 e. The van der Waals surface area contributed by atoms with Crippen molar-refractivity contribution >= 4 is 29.3 Å². The van der Waals surface area contributed by atoms with E-state index in [4.69, 9.17) is 17.3 Å². The molecule has 1 aromatic rings. The highest BCUT2D eigenvalue weighted by Crippen LogP contribution is 2.23. The molecule has 2 N–H and O–H groups in total. The lowest BCUT2D eigenvalue weighted by Crippen LogP contribution is -2.48. The van der Waals surface area contributed by atoms with Crippen molar-refractivity contribution in [3.05, 3.63) is 41.5 Å². The molecule has 1 fully saturated rings. The number of unbranched alkanes of at least 4 members (excludes halogenated alkanes) is 1. The van der Waals surface area contributed by atoms with Crippen LogP contribution in [0, 0.1) is 6.92 Å². The van der Waals surface area contributed by atoms with Gasteiger partial charge in [0.25, 0.3) is 0 Å². The number of carbonyl (C=O) groups is 1. The van der Waals surface area contributed by atoms with Crippen LogP contribution in [-0.2, 0) is 4.79 Å². The Bertz CT molecular complexity index is 607. The van der Waals surface area contributed by atoms with Crippen LogP contribution in [0.25, 0.3) is 6.08 Å². The van der Waals surface area contributed by atoms with Gasteiger partial charge in [0.15, 0.2) is 5.11 Å². The fraction of sp³-hybridized carbons (Fsp3) is 0.524. The van der Waals surface area contributed by atoms with Gasteiger partial charge in [0.2, 0.25) is 5.91 Å². The molecule has 2 rings (SSSR count). The van der Waals surface area contributed by atoms with E-state index in [2.05, 4.69) is 10.2 Å². The molecule has 26 heavy (non-hydrogen) atoms. The number of rotatable bonds is 7. The fourth-order valence-corrected chi connectivity index (χ4v) is 3.65. The van der Waals surface area contributed by atoms with Crippen LogP contribution in [-0.4, -0.2) is 40.2 Å². The minimum atomic E-state index is -0.196. The molecule has 0 unspecified atom stereocenters. The minimum Gasteiger partial charge on any atom is -0.396 e. The lowest BCUT2D eigenvalue weighted by Gasteiger charge is -2.36. The van der Waals surface area contributed by atoms with Crippen molar-refractivity contribution in [2.75, 3.05) is 13.2 Å². The number of amides is 1. The van der Waals surface area contributed by atoms with Gasteiger partial charge in [-0.2, -0.15) is 0 Å². The van der Waals surface area contributed by atoms with Crippen LogP contribution >= 0.6 is 12.2 Å². The number of hydrogen-bond acceptors (Lipinski definition) is 3. The number of nitrogens with zero attached hydrogens (tertiary/aromatic N) is 1. The van der Waals surface area contributed by atoms with Crippen molar-refractivity contribution in [2.24, 2.45) is 0 Å². The normalized spacial score (nSPS) is 15.2. The Labute approximate surface area is 162 Å². The van der Waals surface area contributed by atoms with Gasteiger partial charge in [-0.25, -0.2) is 0 Å². The molecule has 0 aliphatic heterocycles. The third-order valence-electron chi connectivity index (χ3n) is 4.82. The van der Waals surface area contributed by atoms with Crippen molar-refractivity contribution in [1.29, 1.82) is 0 Å². The van der Waals surface area contributed by atoms with Crippen molar-refractivity contribution in [1.82, 2.24) is 10.2 Å². The van der Waals surface area contributed by atoms with Crippen LogP contribution in [0.5, 0.6) is 0 Å². The predicted molar refractivity (Wildman–Crippen MR) is 111 cm³/mol. The third kappa shape index (κ3) is 6.89. The second kappa shape index (κ2) is 11.1. The van der Waals surface area contributed by atoms with Crippen LogP contribution in [0.3, 0.4) is 0 Å². The topological polar surface area (TPSA) is 52.6 Å². The van der Waals surface area contributed by atoms with Gasteiger partial charge in [0, 0.05) is 25.3 Å². The SMILES string of the molecule is Cc1ccc(C=CC(=O)NC(=S)N(CCCCO)C2CCCCC2)cc1. The maximum atomic E-state index is 12.3. The first-order valence-electron chi connectivity index (χ1n) is 9.57. The molecular formula is C21H30N2O2S. The van der Waals surface area contributed by atoms with E-state index in [0.29, 0.717) is 11.2 Å². The number of carbonyl (C=O) groups excluding carboxylic acids is 1. The van der Waals surface area contributed by atoms with Gasteiger partial charge in [-0.05, 0) is 56.5 Å². The average molecular weight is 375 g/mol. The Morgan fingerprint density at radius 3 is 2.58 bits per heavy atom. The molecule has 142 valence electrons. The summed E-state index contributed by atoms with van der Waals surface area (Å²) in [7, 11) is 0. The quantitative estimate of drug-likeness (QED) is 0.433. The Kier molecular flexibility index (Phi) is 8.78. The third-order valence-corrected chi connectivity index (χ3v) is 5.15. The van der Waals surface area contributed by atoms with Crippen LogP contribution < -0.4 is 5.32 Å². The summed E-state index contributed by atoms with van der Waals surface area (Å²) >= 11 is 5.53. The summed E-state index contributed by atoms with van der Waals surface area (Å²) in [5, 5.41) is 12.4. The van der Waals surface area contributed by atoms with Crippen LogP contribution in [0.2, 0.25) is 0 Å². The van der Waals surface area contributed by atoms with E-state index >= 15 is 0 Å². The number of benzene rings is 1. The van der Waals surface area contributed by atoms with E-state index in [1.807, 2.05) is 31.2 Å². The molecule has 0 radical (unpaired) electrons. The van der Waals surface area contributed by atoms with Crippen molar-refractivity contribution < 1.29 is 9.90 Å². The Morgan fingerprint density at radius 1 is 1.23 bits per heavy atom. The number of aliphatic hydroxyl groups excluding tert-OH is 1. The molecule has 1 amide bonds. The highest BCUT2D eigenvalue weighted by Gasteiger charge is 2.23. The van der Waals surface area contributed by atoms with Crippen molar-refractivity contribution in [2.45, 2.75) is 57.9 Å². The van der Waals surface area contributed by atoms with Crippen LogP contribution in [0.1, 0.15) is 56.1 Å². The van der Waals surface area contributed by atoms with Crippen LogP contribution in [0.15, 0.2) is 30.3 Å². The lowest BCUT2D eigenvalue weighted by atomic mass is 9.94. The highest BCUT2D eigenvalue weighted by atomic mass is 32.1. The molecule has 0 saturated heterocycles. The molecule has 1 aliphatic carbocycles. The zero-order valence-electron chi connectivity index (χ0n) is 15.6.